The maximum absolute atomic E-state index is 11.9. The number of carboxylic acid groups (broad SMARTS) is 1. The lowest BCUT2D eigenvalue weighted by molar-refractivity contribution is 0.0698. The summed E-state index contributed by atoms with van der Waals surface area (Å²) in [4.78, 5) is 11.9. The zero-order chi connectivity index (χ0) is 21.5. The van der Waals surface area contributed by atoms with Crippen molar-refractivity contribution >= 4 is 28.2 Å². The van der Waals surface area contributed by atoms with Gasteiger partial charge in [0.05, 0.1) is 23.9 Å². The molecule has 156 valence electrons. The lowest BCUT2D eigenvalue weighted by Crippen LogP contribution is -2.04. The molecule has 5 heteroatoms. The zero-order valence-corrected chi connectivity index (χ0v) is 17.5. The molecule has 1 saturated carbocycles. The van der Waals surface area contributed by atoms with Crippen LogP contribution in [-0.4, -0.2) is 22.8 Å². The third kappa shape index (κ3) is 3.63. The Kier molecular flexibility index (Phi) is 4.66. The Morgan fingerprint density at radius 3 is 2.52 bits per heavy atom. The molecule has 0 saturated heterocycles. The fourth-order valence-electron chi connectivity index (χ4n) is 4.21. The van der Waals surface area contributed by atoms with Gasteiger partial charge in [-0.1, -0.05) is 13.0 Å². The van der Waals surface area contributed by atoms with Crippen LogP contribution in [0.5, 0.6) is 5.75 Å². The van der Waals surface area contributed by atoms with Crippen LogP contribution in [0.3, 0.4) is 0 Å². The van der Waals surface area contributed by atoms with Crippen LogP contribution < -0.4 is 10.1 Å². The Bertz CT molecular complexity index is 1270. The van der Waals surface area contributed by atoms with Crippen molar-refractivity contribution in [3.05, 3.63) is 84.1 Å². The number of fused-ring (bicyclic) bond motifs is 1. The Balaban J connectivity index is 1.44. The van der Waals surface area contributed by atoms with Gasteiger partial charge in [0.15, 0.2) is 0 Å². The Morgan fingerprint density at radius 1 is 1.06 bits per heavy atom. The van der Waals surface area contributed by atoms with Gasteiger partial charge in [-0.3, -0.25) is 0 Å². The number of hydrogen-bond acceptors (Lipinski definition) is 3. The van der Waals surface area contributed by atoms with Gasteiger partial charge in [0.25, 0.3) is 0 Å². The van der Waals surface area contributed by atoms with Gasteiger partial charge in [-0.15, -0.1) is 0 Å². The highest BCUT2D eigenvalue weighted by molar-refractivity contribution is 5.96. The monoisotopic (exact) mass is 412 g/mol. The highest BCUT2D eigenvalue weighted by Crippen LogP contribution is 2.47. The van der Waals surface area contributed by atoms with E-state index in [4.69, 9.17) is 4.74 Å². The first-order valence-corrected chi connectivity index (χ1v) is 10.4. The molecule has 1 fully saturated rings. The Morgan fingerprint density at radius 2 is 1.84 bits per heavy atom. The highest BCUT2D eigenvalue weighted by Gasteiger charge is 2.34. The first-order chi connectivity index (χ1) is 15.0. The first kappa shape index (κ1) is 19.2. The SMILES string of the molecule is COc1ccc(-n2ccc3cc(Nc4ccc(C5C[C@H]5C)cc4C(=O)O)ccc32)cc1. The molecule has 0 bridgehead atoms. The van der Waals surface area contributed by atoms with Crippen molar-refractivity contribution in [2.75, 3.05) is 12.4 Å². The van der Waals surface area contributed by atoms with Gasteiger partial charge in [0.2, 0.25) is 0 Å². The van der Waals surface area contributed by atoms with Crippen LogP contribution in [0.2, 0.25) is 0 Å². The van der Waals surface area contributed by atoms with E-state index in [1.165, 1.54) is 0 Å². The van der Waals surface area contributed by atoms with Crippen LogP contribution in [0.25, 0.3) is 16.6 Å². The predicted molar refractivity (Wildman–Crippen MR) is 123 cm³/mol. The molecule has 1 aromatic heterocycles. The van der Waals surface area contributed by atoms with Crippen LogP contribution in [0.4, 0.5) is 11.4 Å². The number of rotatable bonds is 6. The maximum Gasteiger partial charge on any atom is 0.337 e. The van der Waals surface area contributed by atoms with E-state index in [2.05, 4.69) is 22.9 Å². The van der Waals surface area contributed by atoms with Crippen LogP contribution in [0.1, 0.15) is 35.2 Å². The molecule has 1 unspecified atom stereocenters. The van der Waals surface area contributed by atoms with E-state index in [1.807, 2.05) is 66.9 Å². The van der Waals surface area contributed by atoms with Crippen molar-refractivity contribution in [3.63, 3.8) is 0 Å². The van der Waals surface area contributed by atoms with E-state index in [1.54, 1.807) is 7.11 Å². The summed E-state index contributed by atoms with van der Waals surface area (Å²) in [6.07, 6.45) is 3.16. The summed E-state index contributed by atoms with van der Waals surface area (Å²) < 4.78 is 7.36. The molecule has 1 heterocycles. The van der Waals surface area contributed by atoms with Gasteiger partial charge >= 0.3 is 5.97 Å². The van der Waals surface area contributed by atoms with E-state index in [-0.39, 0.29) is 0 Å². The number of anilines is 2. The second-order valence-corrected chi connectivity index (χ2v) is 8.21. The Labute approximate surface area is 180 Å². The van der Waals surface area contributed by atoms with Crippen LogP contribution in [-0.2, 0) is 0 Å². The molecule has 0 radical (unpaired) electrons. The third-order valence-corrected chi connectivity index (χ3v) is 6.13. The lowest BCUT2D eigenvalue weighted by atomic mass is 10.0. The van der Waals surface area contributed by atoms with Crippen molar-refractivity contribution in [3.8, 4) is 11.4 Å². The van der Waals surface area contributed by atoms with Gasteiger partial charge in [-0.25, -0.2) is 4.79 Å². The molecule has 1 aliphatic rings. The van der Waals surface area contributed by atoms with E-state index < -0.39 is 5.97 Å². The molecule has 0 aliphatic heterocycles. The lowest BCUT2D eigenvalue weighted by Gasteiger charge is -2.12. The maximum atomic E-state index is 11.9. The number of benzene rings is 3. The van der Waals surface area contributed by atoms with Gasteiger partial charge in [-0.2, -0.15) is 0 Å². The van der Waals surface area contributed by atoms with Crippen molar-refractivity contribution in [2.24, 2.45) is 5.92 Å². The summed E-state index contributed by atoms with van der Waals surface area (Å²) >= 11 is 0. The number of hydrogen-bond donors (Lipinski definition) is 2. The van der Waals surface area contributed by atoms with Crippen LogP contribution in [0, 0.1) is 5.92 Å². The summed E-state index contributed by atoms with van der Waals surface area (Å²) in [5, 5.41) is 14.1. The summed E-state index contributed by atoms with van der Waals surface area (Å²) in [6.45, 7) is 2.20. The molecular weight excluding hydrogens is 388 g/mol. The quantitative estimate of drug-likeness (QED) is 0.395. The zero-order valence-electron chi connectivity index (χ0n) is 17.5. The molecule has 3 aromatic carbocycles. The topological polar surface area (TPSA) is 63.5 Å². The molecule has 2 atom stereocenters. The first-order valence-electron chi connectivity index (χ1n) is 10.4. The highest BCUT2D eigenvalue weighted by atomic mass is 16.5. The summed E-state index contributed by atoms with van der Waals surface area (Å²) in [6, 6.07) is 21.8. The fourth-order valence-corrected chi connectivity index (χ4v) is 4.21. The van der Waals surface area contributed by atoms with Crippen LogP contribution >= 0.6 is 0 Å². The number of aromatic nitrogens is 1. The largest absolute Gasteiger partial charge is 0.497 e. The minimum Gasteiger partial charge on any atom is -0.497 e. The number of aromatic carboxylic acids is 1. The van der Waals surface area contributed by atoms with Gasteiger partial charge in [0.1, 0.15) is 5.75 Å². The second kappa shape index (κ2) is 7.51. The Hall–Kier alpha value is -3.73. The number of ether oxygens (including phenoxy) is 1. The van der Waals surface area contributed by atoms with E-state index in [0.717, 1.165) is 40.0 Å². The number of carbonyl (C=O) groups is 1. The third-order valence-electron chi connectivity index (χ3n) is 6.13. The normalized spacial score (nSPS) is 17.5. The van der Waals surface area contributed by atoms with E-state index in [9.17, 15) is 9.90 Å². The molecule has 5 rings (SSSR count). The standard InChI is InChI=1S/C26H24N2O3/c1-16-13-22(16)17-3-9-24(23(15-17)26(29)30)27-19-4-10-25-18(14-19)11-12-28(25)20-5-7-21(31-2)8-6-20/h3-12,14-16,22,27H,13H2,1-2H3,(H,29,30)/t16-,22?/m1/s1. The molecular formula is C26H24N2O3. The summed E-state index contributed by atoms with van der Waals surface area (Å²) in [7, 11) is 1.66. The molecule has 31 heavy (non-hydrogen) atoms. The van der Waals surface area contributed by atoms with Gasteiger partial charge < -0.3 is 19.7 Å². The second-order valence-electron chi connectivity index (χ2n) is 8.21. The smallest absolute Gasteiger partial charge is 0.337 e. The summed E-state index contributed by atoms with van der Waals surface area (Å²) in [5.74, 6) is 1.03. The van der Waals surface area contributed by atoms with E-state index in [0.29, 0.717) is 23.1 Å². The number of nitrogens with zero attached hydrogens (tertiary/aromatic N) is 1. The molecule has 4 aromatic rings. The van der Waals surface area contributed by atoms with E-state index >= 15 is 0 Å². The summed E-state index contributed by atoms with van der Waals surface area (Å²) in [5.41, 5.74) is 5.02. The molecule has 2 N–H and O–H groups in total. The number of nitrogens with one attached hydrogen (secondary N) is 1. The molecule has 0 spiro atoms. The fraction of sp³-hybridized carbons (Fsp3) is 0.192. The van der Waals surface area contributed by atoms with Crippen LogP contribution in [0.15, 0.2) is 72.9 Å². The van der Waals surface area contributed by atoms with Gasteiger partial charge in [-0.05, 0) is 84.5 Å². The van der Waals surface area contributed by atoms with Gasteiger partial charge in [0, 0.05) is 23.0 Å². The van der Waals surface area contributed by atoms with Crippen molar-refractivity contribution < 1.29 is 14.6 Å². The minimum atomic E-state index is -0.913. The number of methoxy groups -OCH3 is 1. The minimum absolute atomic E-state index is 0.312. The van der Waals surface area contributed by atoms with Crippen molar-refractivity contribution in [1.82, 2.24) is 4.57 Å². The molecule has 1 aliphatic carbocycles. The average Bonchev–Trinajstić information content (AvgIpc) is 3.37. The van der Waals surface area contributed by atoms with Crippen molar-refractivity contribution in [1.29, 1.82) is 0 Å². The molecule has 0 amide bonds. The predicted octanol–water partition coefficient (Wildman–Crippen LogP) is 6.20. The molecule has 5 nitrogen and oxygen atoms in total. The number of carboxylic acids is 1. The van der Waals surface area contributed by atoms with Crippen molar-refractivity contribution in [2.45, 2.75) is 19.3 Å². The average molecular weight is 412 g/mol.